The first-order valence-electron chi connectivity index (χ1n) is 12.2. The van der Waals surface area contributed by atoms with Gasteiger partial charge >= 0.3 is 0 Å². The zero-order chi connectivity index (χ0) is 24.4. The fourth-order valence-electron chi connectivity index (χ4n) is 4.51. The van der Waals surface area contributed by atoms with Gasteiger partial charge < -0.3 is 14.8 Å². The molecule has 0 spiro atoms. The summed E-state index contributed by atoms with van der Waals surface area (Å²) in [7, 11) is 0.894. The molecule has 3 aromatic heterocycles. The predicted molar refractivity (Wildman–Crippen MR) is 143 cm³/mol. The average molecular weight is 485 g/mol. The maximum Gasteiger partial charge on any atom is 0.137 e. The van der Waals surface area contributed by atoms with E-state index in [1.54, 1.807) is 0 Å². The monoisotopic (exact) mass is 484 g/mol. The molecule has 0 radical (unpaired) electrons. The van der Waals surface area contributed by atoms with Crippen molar-refractivity contribution in [2.75, 3.05) is 19.6 Å². The number of aliphatic hydroxyl groups excluding tert-OH is 1. The molecular weight excluding hydrogens is 452 g/mol. The van der Waals surface area contributed by atoms with Crippen molar-refractivity contribution in [3.05, 3.63) is 90.0 Å². The Morgan fingerprint density at radius 1 is 1.11 bits per heavy atom. The van der Waals surface area contributed by atoms with Crippen LogP contribution < -0.4 is 5.32 Å². The van der Waals surface area contributed by atoms with Gasteiger partial charge in [-0.05, 0) is 54.3 Å². The van der Waals surface area contributed by atoms with Gasteiger partial charge in [-0.1, -0.05) is 30.8 Å². The van der Waals surface area contributed by atoms with E-state index in [0.29, 0.717) is 13.1 Å². The van der Waals surface area contributed by atoms with Crippen molar-refractivity contribution in [2.24, 2.45) is 0 Å². The van der Waals surface area contributed by atoms with Crippen LogP contribution in [0.2, 0.25) is 5.54 Å². The van der Waals surface area contributed by atoms with E-state index in [1.165, 1.54) is 11.1 Å². The summed E-state index contributed by atoms with van der Waals surface area (Å²) < 4.78 is 1.99. The van der Waals surface area contributed by atoms with E-state index in [9.17, 15) is 5.11 Å². The van der Waals surface area contributed by atoms with Crippen molar-refractivity contribution in [3.8, 4) is 11.3 Å². The standard InChI is InChI=1S/C27H32N6OSi/c1-18-7-9-23(31-30-18)22-8-10-27-29-24(16-33(27)15-22)19(2)28-13-26(35)25(34)17-32-12-11-20-5-3-4-6-21(20)14-32/h3-10,15-16,25-26,28,34H,2,11-14,17H2,1,35H3/t25-,26?/m1/s1. The van der Waals surface area contributed by atoms with Gasteiger partial charge in [0.1, 0.15) is 11.3 Å². The SMILES string of the molecule is C=C(NCC([SiH3])[C@H](O)CN1CCc2ccccc2C1)c1cn2cc(-c3ccc(C)nn3)ccc2n1. The summed E-state index contributed by atoms with van der Waals surface area (Å²) in [5.74, 6) is 0. The van der Waals surface area contributed by atoms with E-state index >= 15 is 0 Å². The maximum absolute atomic E-state index is 10.9. The second-order valence-corrected chi connectivity index (χ2v) is 11.0. The highest BCUT2D eigenvalue weighted by Gasteiger charge is 2.22. The summed E-state index contributed by atoms with van der Waals surface area (Å²) in [6.07, 6.45) is 4.68. The molecule has 2 atom stereocenters. The zero-order valence-corrected chi connectivity index (χ0v) is 22.4. The van der Waals surface area contributed by atoms with Gasteiger partial charge in [0.25, 0.3) is 0 Å². The van der Waals surface area contributed by atoms with Gasteiger partial charge in [0.05, 0.1) is 23.2 Å². The summed E-state index contributed by atoms with van der Waals surface area (Å²) in [4.78, 5) is 7.07. The minimum absolute atomic E-state index is 0.215. The number of nitrogens with zero attached hydrogens (tertiary/aromatic N) is 5. The fourth-order valence-corrected chi connectivity index (χ4v) is 4.92. The Bertz CT molecular complexity index is 1340. The predicted octanol–water partition coefficient (Wildman–Crippen LogP) is 2.23. The molecule has 1 aromatic carbocycles. The van der Waals surface area contributed by atoms with Crippen LogP contribution in [0, 0.1) is 6.92 Å². The first-order valence-corrected chi connectivity index (χ1v) is 13.3. The minimum Gasteiger partial charge on any atom is -0.392 e. The lowest BCUT2D eigenvalue weighted by Gasteiger charge is -2.32. The molecule has 0 saturated heterocycles. The molecule has 1 aliphatic rings. The Morgan fingerprint density at radius 3 is 2.74 bits per heavy atom. The number of fused-ring (bicyclic) bond motifs is 2. The van der Waals surface area contributed by atoms with Gasteiger partial charge in [-0.2, -0.15) is 10.2 Å². The van der Waals surface area contributed by atoms with Crippen LogP contribution in [-0.2, 0) is 13.0 Å². The number of aryl methyl sites for hydroxylation is 1. The van der Waals surface area contributed by atoms with Gasteiger partial charge in [-0.3, -0.25) is 4.90 Å². The topological polar surface area (TPSA) is 78.6 Å². The summed E-state index contributed by atoms with van der Waals surface area (Å²) in [5.41, 5.74) is 8.15. The number of benzene rings is 1. The van der Waals surface area contributed by atoms with Gasteiger partial charge in [-0.25, -0.2) is 4.98 Å². The zero-order valence-electron chi connectivity index (χ0n) is 20.4. The van der Waals surface area contributed by atoms with Crippen LogP contribution in [0.15, 0.2) is 67.5 Å². The first kappa shape index (κ1) is 23.4. The summed E-state index contributed by atoms with van der Waals surface area (Å²) in [5, 5.41) is 22.7. The van der Waals surface area contributed by atoms with Crippen molar-refractivity contribution in [1.29, 1.82) is 0 Å². The third kappa shape index (κ3) is 5.34. The van der Waals surface area contributed by atoms with Crippen molar-refractivity contribution >= 4 is 21.6 Å². The molecule has 8 heteroatoms. The van der Waals surface area contributed by atoms with Crippen molar-refractivity contribution in [2.45, 2.75) is 31.5 Å². The first-order chi connectivity index (χ1) is 17.0. The maximum atomic E-state index is 10.9. The Balaban J connectivity index is 1.17. The summed E-state index contributed by atoms with van der Waals surface area (Å²) in [6.45, 7) is 9.43. The van der Waals surface area contributed by atoms with Crippen LogP contribution in [0.1, 0.15) is 22.5 Å². The van der Waals surface area contributed by atoms with E-state index in [-0.39, 0.29) is 11.6 Å². The van der Waals surface area contributed by atoms with E-state index in [1.807, 2.05) is 48.0 Å². The molecule has 1 unspecified atom stereocenters. The lowest BCUT2D eigenvalue weighted by molar-refractivity contribution is 0.100. The van der Waals surface area contributed by atoms with Crippen LogP contribution >= 0.6 is 0 Å². The second-order valence-electron chi connectivity index (χ2n) is 9.53. The molecule has 180 valence electrons. The lowest BCUT2D eigenvalue weighted by atomic mass is 9.99. The third-order valence-electron chi connectivity index (χ3n) is 6.80. The molecule has 0 aliphatic carbocycles. The second kappa shape index (κ2) is 10.1. The summed E-state index contributed by atoms with van der Waals surface area (Å²) >= 11 is 0. The Hall–Kier alpha value is -3.33. The molecule has 0 amide bonds. The van der Waals surface area contributed by atoms with Crippen molar-refractivity contribution < 1.29 is 5.11 Å². The smallest absolute Gasteiger partial charge is 0.137 e. The van der Waals surface area contributed by atoms with E-state index in [0.717, 1.165) is 63.7 Å². The molecule has 0 saturated carbocycles. The van der Waals surface area contributed by atoms with Crippen molar-refractivity contribution in [3.63, 3.8) is 0 Å². The van der Waals surface area contributed by atoms with Crippen LogP contribution in [0.3, 0.4) is 0 Å². The van der Waals surface area contributed by atoms with Crippen LogP contribution in [0.25, 0.3) is 22.6 Å². The Morgan fingerprint density at radius 2 is 1.94 bits per heavy atom. The highest BCUT2D eigenvalue weighted by Crippen LogP contribution is 2.21. The molecule has 1 aliphatic heterocycles. The molecule has 4 aromatic rings. The van der Waals surface area contributed by atoms with Gasteiger partial charge in [0, 0.05) is 54.4 Å². The quantitative estimate of drug-likeness (QED) is 0.374. The summed E-state index contributed by atoms with van der Waals surface area (Å²) in [6, 6.07) is 16.5. The molecule has 5 rings (SSSR count). The number of aromatic nitrogens is 4. The molecule has 2 N–H and O–H groups in total. The molecule has 35 heavy (non-hydrogen) atoms. The van der Waals surface area contributed by atoms with E-state index in [2.05, 4.69) is 51.3 Å². The number of pyridine rings is 1. The largest absolute Gasteiger partial charge is 0.392 e. The number of nitrogens with one attached hydrogen (secondary N) is 1. The van der Waals surface area contributed by atoms with Gasteiger partial charge in [0.15, 0.2) is 0 Å². The normalized spacial score (nSPS) is 15.6. The van der Waals surface area contributed by atoms with E-state index in [4.69, 9.17) is 4.98 Å². The van der Waals surface area contributed by atoms with Gasteiger partial charge in [0.2, 0.25) is 0 Å². The van der Waals surface area contributed by atoms with Crippen LogP contribution in [0.4, 0.5) is 0 Å². The Labute approximate surface area is 209 Å². The fraction of sp³-hybridized carbons (Fsp3) is 0.296. The third-order valence-corrected chi connectivity index (χ3v) is 7.98. The number of aliphatic hydroxyl groups is 1. The molecule has 4 heterocycles. The average Bonchev–Trinajstić information content (AvgIpc) is 3.31. The molecular formula is C27H32N6OSi. The number of hydrogen-bond acceptors (Lipinski definition) is 6. The number of rotatable bonds is 8. The molecule has 0 bridgehead atoms. The number of β-amino-alcohol motifs (C(OH)–C–C–N with tert-alkyl or cyclic N) is 1. The van der Waals surface area contributed by atoms with Gasteiger partial charge in [-0.15, -0.1) is 0 Å². The van der Waals surface area contributed by atoms with Crippen LogP contribution in [-0.4, -0.2) is 65.6 Å². The number of hydrogen-bond donors (Lipinski definition) is 2. The highest BCUT2D eigenvalue weighted by atomic mass is 28.1. The lowest BCUT2D eigenvalue weighted by Crippen LogP contribution is -2.40. The van der Waals surface area contributed by atoms with Crippen molar-refractivity contribution in [1.82, 2.24) is 29.8 Å². The van der Waals surface area contributed by atoms with E-state index < -0.39 is 0 Å². The van der Waals surface area contributed by atoms with Crippen LogP contribution in [0.5, 0.6) is 0 Å². The molecule has 0 fully saturated rings. The molecule has 7 nitrogen and oxygen atoms in total. The highest BCUT2D eigenvalue weighted by molar-refractivity contribution is 6.12. The Kier molecular flexibility index (Phi) is 6.76. The minimum atomic E-state index is -0.355. The number of imidazole rings is 1.